The van der Waals surface area contributed by atoms with Gasteiger partial charge in [-0.2, -0.15) is 0 Å². The first-order valence-electron chi connectivity index (χ1n) is 6.44. The summed E-state index contributed by atoms with van der Waals surface area (Å²) in [6.07, 6.45) is 0.853. The van der Waals surface area contributed by atoms with Crippen molar-refractivity contribution >= 4 is 17.6 Å². The Hall–Kier alpha value is -2.04. The zero-order valence-corrected chi connectivity index (χ0v) is 10.9. The van der Waals surface area contributed by atoms with E-state index in [0.717, 1.165) is 17.7 Å². The highest BCUT2D eigenvalue weighted by molar-refractivity contribution is 5.84. The molecule has 1 saturated heterocycles. The number of carboxylic acid groups (broad SMARTS) is 1. The van der Waals surface area contributed by atoms with Crippen LogP contribution in [0, 0.1) is 5.92 Å². The number of hydrogen-bond donors (Lipinski definition) is 2. The minimum Gasteiger partial charge on any atom is -0.481 e. The van der Waals surface area contributed by atoms with E-state index in [-0.39, 0.29) is 19.0 Å². The fourth-order valence-corrected chi connectivity index (χ4v) is 2.33. The maximum absolute atomic E-state index is 11.7. The molecular weight excluding hydrogens is 244 g/mol. The minimum atomic E-state index is -0.874. The molecule has 1 atom stereocenters. The Morgan fingerprint density at radius 3 is 2.89 bits per heavy atom. The molecule has 1 aliphatic rings. The predicted molar refractivity (Wildman–Crippen MR) is 72.2 cm³/mol. The molecule has 1 aromatic carbocycles. The maximum Gasteiger partial charge on any atom is 0.310 e. The van der Waals surface area contributed by atoms with Crippen molar-refractivity contribution in [1.82, 2.24) is 5.32 Å². The molecule has 0 bridgehead atoms. The Kier molecular flexibility index (Phi) is 4.04. The number of para-hydroxylation sites is 1. The lowest BCUT2D eigenvalue weighted by atomic mass is 10.1. The van der Waals surface area contributed by atoms with Gasteiger partial charge in [-0.05, 0) is 18.1 Å². The van der Waals surface area contributed by atoms with Gasteiger partial charge in [0, 0.05) is 18.8 Å². The third-order valence-corrected chi connectivity index (χ3v) is 3.38. The molecule has 2 rings (SSSR count). The minimum absolute atomic E-state index is 0.130. The number of carboxylic acids is 1. The van der Waals surface area contributed by atoms with Gasteiger partial charge in [-0.3, -0.25) is 9.59 Å². The van der Waals surface area contributed by atoms with E-state index in [0.29, 0.717) is 6.54 Å². The van der Waals surface area contributed by atoms with Crippen LogP contribution >= 0.6 is 0 Å². The number of nitrogens with one attached hydrogen (secondary N) is 1. The SMILES string of the molecule is CCc1ccccc1N1CC(=O)NCC(C(=O)O)C1. The molecule has 19 heavy (non-hydrogen) atoms. The number of aryl methyl sites for hydroxylation is 1. The van der Waals surface area contributed by atoms with Crippen molar-refractivity contribution in [3.05, 3.63) is 29.8 Å². The van der Waals surface area contributed by atoms with Crippen LogP contribution < -0.4 is 10.2 Å². The van der Waals surface area contributed by atoms with Crippen LogP contribution in [0.4, 0.5) is 5.69 Å². The van der Waals surface area contributed by atoms with E-state index in [4.69, 9.17) is 5.11 Å². The third-order valence-electron chi connectivity index (χ3n) is 3.38. The summed E-state index contributed by atoms with van der Waals surface area (Å²) in [5.74, 6) is -1.58. The summed E-state index contributed by atoms with van der Waals surface area (Å²) in [7, 11) is 0. The molecule has 5 nitrogen and oxygen atoms in total. The van der Waals surface area contributed by atoms with Gasteiger partial charge in [0.25, 0.3) is 0 Å². The van der Waals surface area contributed by atoms with Gasteiger partial charge in [0.2, 0.25) is 5.91 Å². The first kappa shape index (κ1) is 13.4. The molecule has 1 fully saturated rings. The Labute approximate surface area is 112 Å². The molecule has 0 radical (unpaired) electrons. The average molecular weight is 262 g/mol. The lowest BCUT2D eigenvalue weighted by Crippen LogP contribution is -2.34. The molecular formula is C14H18N2O3. The fraction of sp³-hybridized carbons (Fsp3) is 0.429. The van der Waals surface area contributed by atoms with Crippen molar-refractivity contribution in [2.45, 2.75) is 13.3 Å². The number of carbonyl (C=O) groups excluding carboxylic acids is 1. The van der Waals surface area contributed by atoms with Gasteiger partial charge in [0.1, 0.15) is 0 Å². The van der Waals surface area contributed by atoms with E-state index in [2.05, 4.69) is 5.32 Å². The van der Waals surface area contributed by atoms with Crippen LogP contribution in [0.5, 0.6) is 0 Å². The number of aliphatic carboxylic acids is 1. The van der Waals surface area contributed by atoms with Crippen molar-refractivity contribution < 1.29 is 14.7 Å². The Balaban J connectivity index is 2.29. The zero-order valence-electron chi connectivity index (χ0n) is 10.9. The second-order valence-corrected chi connectivity index (χ2v) is 4.70. The zero-order chi connectivity index (χ0) is 13.8. The number of benzene rings is 1. The van der Waals surface area contributed by atoms with E-state index in [1.165, 1.54) is 0 Å². The highest BCUT2D eigenvalue weighted by Crippen LogP contribution is 2.22. The van der Waals surface area contributed by atoms with E-state index in [1.54, 1.807) is 0 Å². The Bertz CT molecular complexity index is 487. The average Bonchev–Trinajstić information content (AvgIpc) is 2.60. The van der Waals surface area contributed by atoms with Crippen molar-refractivity contribution in [3.63, 3.8) is 0 Å². The molecule has 0 saturated carbocycles. The first-order chi connectivity index (χ1) is 9.11. The van der Waals surface area contributed by atoms with Gasteiger partial charge in [-0.25, -0.2) is 0 Å². The van der Waals surface area contributed by atoms with Gasteiger partial charge in [0.05, 0.1) is 12.5 Å². The number of carbonyl (C=O) groups is 2. The van der Waals surface area contributed by atoms with Crippen LogP contribution in [-0.2, 0) is 16.0 Å². The monoisotopic (exact) mass is 262 g/mol. The summed E-state index contributed by atoms with van der Waals surface area (Å²) in [5.41, 5.74) is 2.08. The molecule has 0 spiro atoms. The summed E-state index contributed by atoms with van der Waals surface area (Å²) in [4.78, 5) is 24.7. The van der Waals surface area contributed by atoms with Crippen LogP contribution in [0.2, 0.25) is 0 Å². The van der Waals surface area contributed by atoms with Gasteiger partial charge >= 0.3 is 5.97 Å². The van der Waals surface area contributed by atoms with Gasteiger partial charge < -0.3 is 15.3 Å². The van der Waals surface area contributed by atoms with Crippen LogP contribution in [0.15, 0.2) is 24.3 Å². The molecule has 1 aliphatic heterocycles. The molecule has 0 aromatic heterocycles. The Morgan fingerprint density at radius 2 is 2.21 bits per heavy atom. The van der Waals surface area contributed by atoms with E-state index in [9.17, 15) is 9.59 Å². The van der Waals surface area contributed by atoms with Crippen LogP contribution in [-0.4, -0.2) is 36.6 Å². The number of anilines is 1. The molecule has 102 valence electrons. The molecule has 1 unspecified atom stereocenters. The summed E-state index contributed by atoms with van der Waals surface area (Å²) in [6, 6.07) is 7.81. The number of amides is 1. The van der Waals surface area contributed by atoms with Gasteiger partial charge in [-0.15, -0.1) is 0 Å². The smallest absolute Gasteiger partial charge is 0.310 e. The highest BCUT2D eigenvalue weighted by atomic mass is 16.4. The van der Waals surface area contributed by atoms with E-state index in [1.807, 2.05) is 36.1 Å². The van der Waals surface area contributed by atoms with Gasteiger partial charge in [-0.1, -0.05) is 25.1 Å². The normalized spacial score (nSPS) is 19.7. The van der Waals surface area contributed by atoms with Crippen molar-refractivity contribution in [3.8, 4) is 0 Å². The quantitative estimate of drug-likeness (QED) is 0.848. The fourth-order valence-electron chi connectivity index (χ4n) is 2.33. The van der Waals surface area contributed by atoms with Gasteiger partial charge in [0.15, 0.2) is 0 Å². The number of rotatable bonds is 3. The van der Waals surface area contributed by atoms with E-state index < -0.39 is 11.9 Å². The van der Waals surface area contributed by atoms with Crippen LogP contribution in [0.3, 0.4) is 0 Å². The Morgan fingerprint density at radius 1 is 1.47 bits per heavy atom. The molecule has 5 heteroatoms. The number of hydrogen-bond acceptors (Lipinski definition) is 3. The molecule has 1 amide bonds. The molecule has 1 heterocycles. The molecule has 0 aliphatic carbocycles. The van der Waals surface area contributed by atoms with Crippen molar-refractivity contribution in [1.29, 1.82) is 0 Å². The first-order valence-corrected chi connectivity index (χ1v) is 6.44. The molecule has 2 N–H and O–H groups in total. The summed E-state index contributed by atoms with van der Waals surface area (Å²) in [6.45, 7) is 2.80. The summed E-state index contributed by atoms with van der Waals surface area (Å²) in [5, 5.41) is 11.8. The van der Waals surface area contributed by atoms with Crippen molar-refractivity contribution in [2.75, 3.05) is 24.5 Å². The largest absolute Gasteiger partial charge is 0.481 e. The highest BCUT2D eigenvalue weighted by Gasteiger charge is 2.27. The van der Waals surface area contributed by atoms with Crippen LogP contribution in [0.1, 0.15) is 12.5 Å². The predicted octanol–water partition coefficient (Wildman–Crippen LogP) is 0.886. The lowest BCUT2D eigenvalue weighted by Gasteiger charge is -2.25. The van der Waals surface area contributed by atoms with Crippen LogP contribution in [0.25, 0.3) is 0 Å². The van der Waals surface area contributed by atoms with Crippen molar-refractivity contribution in [2.24, 2.45) is 5.92 Å². The third kappa shape index (κ3) is 3.05. The van der Waals surface area contributed by atoms with E-state index >= 15 is 0 Å². The standard InChI is InChI=1S/C14H18N2O3/c1-2-10-5-3-4-6-12(10)16-8-11(14(18)19)7-15-13(17)9-16/h3-6,11H,2,7-9H2,1H3,(H,15,17)(H,18,19). The topological polar surface area (TPSA) is 69.6 Å². The summed E-state index contributed by atoms with van der Waals surface area (Å²) >= 11 is 0. The molecule has 1 aromatic rings. The summed E-state index contributed by atoms with van der Waals surface area (Å²) < 4.78 is 0. The second kappa shape index (κ2) is 5.73. The second-order valence-electron chi connectivity index (χ2n) is 4.70. The maximum atomic E-state index is 11.7. The lowest BCUT2D eigenvalue weighted by molar-refractivity contribution is -0.141. The number of nitrogens with zero attached hydrogens (tertiary/aromatic N) is 1.